The van der Waals surface area contributed by atoms with Crippen molar-refractivity contribution in [2.24, 2.45) is 0 Å². The molecular formula is C5H8NO3. The quantitative estimate of drug-likeness (QED) is 0.406. The van der Waals surface area contributed by atoms with Crippen LogP contribution in [0.3, 0.4) is 0 Å². The van der Waals surface area contributed by atoms with Gasteiger partial charge in [-0.1, -0.05) is 0 Å². The molecule has 0 heterocycles. The summed E-state index contributed by atoms with van der Waals surface area (Å²) in [6, 6.07) is 0. The molecule has 0 fully saturated rings. The molecule has 0 aliphatic heterocycles. The molecule has 0 aromatic carbocycles. The third-order valence-electron chi connectivity index (χ3n) is 0.685. The summed E-state index contributed by atoms with van der Waals surface area (Å²) in [5, 5.41) is 7.91. The standard InChI is InChI=1S/C5H8NO3/c1-4(7)2-3-5(8)6-9/h3,9H,2H2,1H3,(H,6,8). The number of hydroxylamine groups is 1. The van der Waals surface area contributed by atoms with E-state index in [0.717, 1.165) is 6.42 Å². The first-order chi connectivity index (χ1) is 4.16. The molecule has 2 N–H and O–H groups in total. The van der Waals surface area contributed by atoms with E-state index in [9.17, 15) is 9.59 Å². The molecule has 0 spiro atoms. The first-order valence-electron chi connectivity index (χ1n) is 2.43. The van der Waals surface area contributed by atoms with Crippen molar-refractivity contribution in [1.82, 2.24) is 5.48 Å². The van der Waals surface area contributed by atoms with Gasteiger partial charge in [-0.25, -0.2) is 5.48 Å². The Morgan fingerprint density at radius 3 is 2.56 bits per heavy atom. The highest BCUT2D eigenvalue weighted by molar-refractivity contribution is 5.89. The second-order valence-electron chi connectivity index (χ2n) is 1.59. The van der Waals surface area contributed by atoms with E-state index in [1.807, 2.05) is 0 Å². The van der Waals surface area contributed by atoms with Gasteiger partial charge >= 0.3 is 0 Å². The molecule has 0 bridgehead atoms. The molecule has 0 saturated carbocycles. The Balaban J connectivity index is 3.28. The monoisotopic (exact) mass is 130 g/mol. The van der Waals surface area contributed by atoms with Crippen molar-refractivity contribution >= 4 is 11.7 Å². The van der Waals surface area contributed by atoms with E-state index in [0.29, 0.717) is 0 Å². The Kier molecular flexibility index (Phi) is 3.62. The zero-order valence-electron chi connectivity index (χ0n) is 5.05. The lowest BCUT2D eigenvalue weighted by Crippen LogP contribution is -2.19. The Bertz CT molecular complexity index is 121. The normalized spacial score (nSPS) is 8.67. The number of ketones is 1. The SMILES string of the molecule is CC(=O)C[CH]C(=O)NO. The first-order valence-corrected chi connectivity index (χ1v) is 2.43. The maximum atomic E-state index is 10.2. The molecule has 4 heteroatoms. The number of carbonyl (C=O) groups excluding carboxylic acids is 2. The number of carbonyl (C=O) groups is 2. The summed E-state index contributed by atoms with van der Waals surface area (Å²) in [5.74, 6) is -0.760. The minimum absolute atomic E-state index is 0.0619. The van der Waals surface area contributed by atoms with Crippen LogP contribution >= 0.6 is 0 Å². The van der Waals surface area contributed by atoms with E-state index in [1.54, 1.807) is 0 Å². The molecule has 0 aliphatic rings. The summed E-state index contributed by atoms with van der Waals surface area (Å²) < 4.78 is 0. The highest BCUT2D eigenvalue weighted by Crippen LogP contribution is 1.86. The van der Waals surface area contributed by atoms with Gasteiger partial charge in [0.15, 0.2) is 0 Å². The number of Topliss-reactive ketones (excluding diaryl/α,β-unsaturated/α-hetero) is 1. The lowest BCUT2D eigenvalue weighted by molar-refractivity contribution is -0.127. The van der Waals surface area contributed by atoms with Crippen LogP contribution in [0.5, 0.6) is 0 Å². The van der Waals surface area contributed by atoms with Gasteiger partial charge in [-0.3, -0.25) is 10.0 Å². The van der Waals surface area contributed by atoms with E-state index in [2.05, 4.69) is 0 Å². The summed E-state index contributed by atoms with van der Waals surface area (Å²) in [6.07, 6.45) is 1.13. The number of rotatable bonds is 3. The van der Waals surface area contributed by atoms with Gasteiger partial charge in [-0.2, -0.15) is 0 Å². The fourth-order valence-corrected chi connectivity index (χ4v) is 0.282. The zero-order chi connectivity index (χ0) is 7.28. The maximum Gasteiger partial charge on any atom is 0.247 e. The van der Waals surface area contributed by atoms with Gasteiger partial charge in [0.25, 0.3) is 0 Å². The van der Waals surface area contributed by atoms with Crippen molar-refractivity contribution < 1.29 is 14.8 Å². The molecule has 0 aromatic rings. The van der Waals surface area contributed by atoms with Gasteiger partial charge in [0, 0.05) is 6.42 Å². The van der Waals surface area contributed by atoms with E-state index in [1.165, 1.54) is 12.4 Å². The van der Waals surface area contributed by atoms with E-state index in [4.69, 9.17) is 5.21 Å². The predicted octanol–water partition coefficient (Wildman–Crippen LogP) is -0.325. The van der Waals surface area contributed by atoms with Crippen molar-refractivity contribution in [2.75, 3.05) is 0 Å². The van der Waals surface area contributed by atoms with E-state index in [-0.39, 0.29) is 12.2 Å². The van der Waals surface area contributed by atoms with Gasteiger partial charge < -0.3 is 4.79 Å². The largest absolute Gasteiger partial charge is 0.300 e. The second kappa shape index (κ2) is 4.03. The van der Waals surface area contributed by atoms with Crippen molar-refractivity contribution in [3.05, 3.63) is 6.42 Å². The number of amides is 1. The summed E-state index contributed by atoms with van der Waals surface area (Å²) in [5.41, 5.74) is 1.37. The molecule has 1 amide bonds. The van der Waals surface area contributed by atoms with Crippen LogP contribution in [-0.4, -0.2) is 16.9 Å². The van der Waals surface area contributed by atoms with Gasteiger partial charge in [0.1, 0.15) is 5.78 Å². The van der Waals surface area contributed by atoms with Gasteiger partial charge in [-0.15, -0.1) is 0 Å². The summed E-state index contributed by atoms with van der Waals surface area (Å²) in [4.78, 5) is 20.3. The van der Waals surface area contributed by atoms with Crippen molar-refractivity contribution in [1.29, 1.82) is 0 Å². The summed E-state index contributed by atoms with van der Waals surface area (Å²) in [6.45, 7) is 1.36. The number of hydrogen-bond acceptors (Lipinski definition) is 3. The molecule has 0 rings (SSSR count). The van der Waals surface area contributed by atoms with Gasteiger partial charge in [0.2, 0.25) is 5.91 Å². The molecule has 51 valence electrons. The molecule has 0 saturated heterocycles. The van der Waals surface area contributed by atoms with Crippen LogP contribution in [0.1, 0.15) is 13.3 Å². The number of nitrogens with one attached hydrogen (secondary N) is 1. The molecule has 0 atom stereocenters. The fourth-order valence-electron chi connectivity index (χ4n) is 0.282. The van der Waals surface area contributed by atoms with Gasteiger partial charge in [-0.05, 0) is 6.92 Å². The Morgan fingerprint density at radius 2 is 2.22 bits per heavy atom. The van der Waals surface area contributed by atoms with Crippen molar-refractivity contribution in [2.45, 2.75) is 13.3 Å². The third kappa shape index (κ3) is 4.96. The molecule has 0 unspecified atom stereocenters. The lowest BCUT2D eigenvalue weighted by Gasteiger charge is -1.92. The van der Waals surface area contributed by atoms with Crippen LogP contribution in [0.15, 0.2) is 0 Å². The van der Waals surface area contributed by atoms with Crippen LogP contribution in [0.25, 0.3) is 0 Å². The fraction of sp³-hybridized carbons (Fsp3) is 0.400. The zero-order valence-corrected chi connectivity index (χ0v) is 5.05. The van der Waals surface area contributed by atoms with Crippen LogP contribution in [-0.2, 0) is 9.59 Å². The van der Waals surface area contributed by atoms with Crippen molar-refractivity contribution in [3.63, 3.8) is 0 Å². The molecule has 9 heavy (non-hydrogen) atoms. The highest BCUT2D eigenvalue weighted by atomic mass is 16.5. The van der Waals surface area contributed by atoms with E-state index >= 15 is 0 Å². The average molecular weight is 130 g/mol. The smallest absolute Gasteiger partial charge is 0.247 e. The minimum Gasteiger partial charge on any atom is -0.300 e. The molecule has 0 aliphatic carbocycles. The summed E-state index contributed by atoms with van der Waals surface area (Å²) >= 11 is 0. The van der Waals surface area contributed by atoms with Crippen LogP contribution in [0, 0.1) is 6.42 Å². The average Bonchev–Trinajstić information content (AvgIpc) is 1.83. The Labute approximate surface area is 52.8 Å². The third-order valence-corrected chi connectivity index (χ3v) is 0.685. The highest BCUT2D eigenvalue weighted by Gasteiger charge is 2.00. The predicted molar refractivity (Wildman–Crippen MR) is 29.5 cm³/mol. The van der Waals surface area contributed by atoms with E-state index < -0.39 is 5.91 Å². The van der Waals surface area contributed by atoms with Crippen LogP contribution in [0.2, 0.25) is 0 Å². The van der Waals surface area contributed by atoms with Crippen molar-refractivity contribution in [3.8, 4) is 0 Å². The molecular weight excluding hydrogens is 122 g/mol. The molecule has 4 nitrogen and oxygen atoms in total. The molecule has 0 aromatic heterocycles. The van der Waals surface area contributed by atoms with Crippen LogP contribution < -0.4 is 5.48 Å². The topological polar surface area (TPSA) is 66.4 Å². The molecule has 1 radical (unpaired) electrons. The maximum absolute atomic E-state index is 10.2. The first kappa shape index (κ1) is 8.10. The minimum atomic E-state index is -0.648. The second-order valence-corrected chi connectivity index (χ2v) is 1.59. The lowest BCUT2D eigenvalue weighted by atomic mass is 10.2. The Hall–Kier alpha value is -0.900. The Morgan fingerprint density at radius 1 is 1.67 bits per heavy atom. The summed E-state index contributed by atoms with van der Waals surface area (Å²) in [7, 11) is 0. The number of hydrogen-bond donors (Lipinski definition) is 2. The van der Waals surface area contributed by atoms with Crippen LogP contribution in [0.4, 0.5) is 0 Å². The van der Waals surface area contributed by atoms with Gasteiger partial charge in [0.05, 0.1) is 6.42 Å².